The molecule has 2 aliphatic rings. The van der Waals surface area contributed by atoms with Gasteiger partial charge in [-0.15, -0.1) is 0 Å². The number of aromatic amines is 1. The van der Waals surface area contributed by atoms with E-state index in [1.54, 1.807) is 11.8 Å². The molecule has 0 spiro atoms. The van der Waals surface area contributed by atoms with Gasteiger partial charge in [0.25, 0.3) is 5.56 Å². The van der Waals surface area contributed by atoms with Crippen LogP contribution < -0.4 is 5.56 Å². The summed E-state index contributed by atoms with van der Waals surface area (Å²) in [5.41, 5.74) is 1.89. The maximum atomic E-state index is 12.6. The van der Waals surface area contributed by atoms with Crippen molar-refractivity contribution >= 4 is 22.6 Å². The molecule has 23 heavy (non-hydrogen) atoms. The van der Waals surface area contributed by atoms with E-state index in [2.05, 4.69) is 22.2 Å². The largest absolute Gasteiger partial charge is 0.381 e. The highest BCUT2D eigenvalue weighted by Crippen LogP contribution is 2.44. The molecule has 0 radical (unpaired) electrons. The summed E-state index contributed by atoms with van der Waals surface area (Å²) in [5, 5.41) is 4.03. The molecule has 1 aromatic carbocycles. The summed E-state index contributed by atoms with van der Waals surface area (Å²) in [5.74, 6) is 0.798. The molecule has 1 N–H and O–H groups in total. The van der Waals surface area contributed by atoms with Crippen LogP contribution in [0.5, 0.6) is 0 Å². The molecular weight excluding hydrogens is 310 g/mol. The fraction of sp³-hybridized carbons (Fsp3) is 0.412. The Morgan fingerprint density at radius 1 is 1.26 bits per heavy atom. The van der Waals surface area contributed by atoms with E-state index in [1.165, 1.54) is 0 Å². The number of hydrogen-bond donors (Lipinski definition) is 1. The molecule has 3 heterocycles. The Balaban J connectivity index is 1.82. The van der Waals surface area contributed by atoms with Crippen molar-refractivity contribution in [3.05, 3.63) is 51.8 Å². The van der Waals surface area contributed by atoms with E-state index in [0.717, 1.165) is 48.0 Å². The van der Waals surface area contributed by atoms with E-state index in [4.69, 9.17) is 4.74 Å². The molecule has 6 heteroatoms. The number of rotatable bonds is 2. The quantitative estimate of drug-likeness (QED) is 0.918. The number of benzene rings is 1. The topological polar surface area (TPSA) is 59.4 Å². The van der Waals surface area contributed by atoms with Crippen molar-refractivity contribution in [3.63, 3.8) is 0 Å². The van der Waals surface area contributed by atoms with Crippen molar-refractivity contribution in [2.45, 2.75) is 31.1 Å². The van der Waals surface area contributed by atoms with E-state index in [1.807, 2.05) is 29.8 Å². The Labute approximate surface area is 138 Å². The lowest BCUT2D eigenvalue weighted by Gasteiger charge is -2.26. The average Bonchev–Trinajstić information content (AvgIpc) is 2.92. The molecule has 1 saturated heterocycles. The third-order valence-electron chi connectivity index (χ3n) is 4.41. The van der Waals surface area contributed by atoms with Crippen molar-refractivity contribution < 1.29 is 4.74 Å². The summed E-state index contributed by atoms with van der Waals surface area (Å²) in [6.45, 7) is 3.48. The highest BCUT2D eigenvalue weighted by molar-refractivity contribution is 8.14. The van der Waals surface area contributed by atoms with Crippen molar-refractivity contribution in [1.82, 2.24) is 9.78 Å². The zero-order valence-corrected chi connectivity index (χ0v) is 13.8. The van der Waals surface area contributed by atoms with E-state index in [9.17, 15) is 4.79 Å². The monoisotopic (exact) mass is 329 g/mol. The second kappa shape index (κ2) is 6.02. The summed E-state index contributed by atoms with van der Waals surface area (Å²) in [7, 11) is 0. The average molecular weight is 329 g/mol. The minimum absolute atomic E-state index is 0.00791. The Morgan fingerprint density at radius 3 is 2.74 bits per heavy atom. The van der Waals surface area contributed by atoms with Gasteiger partial charge in [-0.05, 0) is 25.3 Å². The van der Waals surface area contributed by atoms with Crippen LogP contribution in [0.3, 0.4) is 0 Å². The maximum absolute atomic E-state index is 12.6. The van der Waals surface area contributed by atoms with Crippen LogP contribution >= 0.6 is 11.8 Å². The Kier molecular flexibility index (Phi) is 3.87. The van der Waals surface area contributed by atoms with Gasteiger partial charge in [0, 0.05) is 13.2 Å². The summed E-state index contributed by atoms with van der Waals surface area (Å²) >= 11 is 1.65. The van der Waals surface area contributed by atoms with E-state index < -0.39 is 0 Å². The molecule has 1 unspecified atom stereocenters. The number of aromatic nitrogens is 2. The molecule has 0 aliphatic carbocycles. The van der Waals surface area contributed by atoms with Crippen LogP contribution in [-0.2, 0) is 4.74 Å². The molecular formula is C17H19N3O2S. The smallest absolute Gasteiger partial charge is 0.271 e. The number of thioether (sulfide) groups is 1. The van der Waals surface area contributed by atoms with Crippen molar-refractivity contribution in [2.75, 3.05) is 13.2 Å². The maximum Gasteiger partial charge on any atom is 0.271 e. The zero-order valence-electron chi connectivity index (χ0n) is 13.0. The first-order valence-electron chi connectivity index (χ1n) is 7.93. The third kappa shape index (κ3) is 2.66. The second-order valence-corrected chi connectivity index (χ2v) is 7.23. The summed E-state index contributed by atoms with van der Waals surface area (Å²) in [4.78, 5) is 17.3. The zero-order chi connectivity index (χ0) is 15.8. The van der Waals surface area contributed by atoms with Gasteiger partial charge in [-0.3, -0.25) is 14.6 Å². The van der Waals surface area contributed by atoms with Gasteiger partial charge in [0.05, 0.1) is 21.9 Å². The highest BCUT2D eigenvalue weighted by Gasteiger charge is 2.32. The van der Waals surface area contributed by atoms with Gasteiger partial charge >= 0.3 is 0 Å². The van der Waals surface area contributed by atoms with Gasteiger partial charge in [-0.2, -0.15) is 0 Å². The van der Waals surface area contributed by atoms with Gasteiger partial charge in [0.2, 0.25) is 0 Å². The first-order chi connectivity index (χ1) is 11.2. The van der Waals surface area contributed by atoms with Crippen LogP contribution in [0, 0.1) is 0 Å². The number of ether oxygens (including phenoxy) is 1. The normalized spacial score (nSPS) is 21.8. The number of nitrogens with zero attached hydrogens (tertiary/aromatic N) is 2. The lowest BCUT2D eigenvalue weighted by Crippen LogP contribution is -2.21. The summed E-state index contributed by atoms with van der Waals surface area (Å²) < 4.78 is 7.41. The van der Waals surface area contributed by atoms with Crippen LogP contribution in [0.25, 0.3) is 0 Å². The van der Waals surface area contributed by atoms with Crippen LogP contribution in [-0.4, -0.2) is 28.0 Å². The second-order valence-electron chi connectivity index (χ2n) is 5.93. The van der Waals surface area contributed by atoms with Crippen molar-refractivity contribution in [1.29, 1.82) is 0 Å². The lowest BCUT2D eigenvalue weighted by molar-refractivity contribution is 0.0666. The first-order valence-corrected chi connectivity index (χ1v) is 8.81. The highest BCUT2D eigenvalue weighted by atomic mass is 32.2. The fourth-order valence-corrected chi connectivity index (χ4v) is 4.38. The van der Waals surface area contributed by atoms with E-state index in [0.29, 0.717) is 0 Å². The molecule has 2 aliphatic heterocycles. The molecule has 120 valence electrons. The molecule has 0 saturated carbocycles. The van der Waals surface area contributed by atoms with Gasteiger partial charge in [0.1, 0.15) is 0 Å². The van der Waals surface area contributed by atoms with Crippen LogP contribution in [0.4, 0.5) is 5.82 Å². The number of hydrogen-bond acceptors (Lipinski definition) is 4. The van der Waals surface area contributed by atoms with Gasteiger partial charge in [-0.1, -0.05) is 42.1 Å². The minimum Gasteiger partial charge on any atom is -0.381 e. The molecule has 1 aromatic heterocycles. The Hall–Kier alpha value is -1.79. The number of fused-ring (bicyclic) bond motifs is 1. The lowest BCUT2D eigenvalue weighted by atomic mass is 10.1. The van der Waals surface area contributed by atoms with E-state index in [-0.39, 0.29) is 16.9 Å². The van der Waals surface area contributed by atoms with Crippen LogP contribution in [0.15, 0.2) is 40.1 Å². The summed E-state index contributed by atoms with van der Waals surface area (Å²) in [6.07, 6.45) is 1.82. The predicted octanol–water partition coefficient (Wildman–Crippen LogP) is 3.41. The SMILES string of the molecule is CC1=Nc2c(c(=O)[nH]n2C2CCOCC2)C(c2ccccc2)S1. The third-order valence-corrected chi connectivity index (χ3v) is 5.58. The van der Waals surface area contributed by atoms with Crippen molar-refractivity contribution in [3.8, 4) is 0 Å². The Bertz CT molecular complexity index is 788. The fourth-order valence-electron chi connectivity index (χ4n) is 3.28. The Morgan fingerprint density at radius 2 is 2.00 bits per heavy atom. The van der Waals surface area contributed by atoms with Crippen LogP contribution in [0.2, 0.25) is 0 Å². The molecule has 0 amide bonds. The number of aliphatic imine (C=N–C) groups is 1. The molecule has 5 nitrogen and oxygen atoms in total. The summed E-state index contributed by atoms with van der Waals surface area (Å²) in [6, 6.07) is 10.4. The van der Waals surface area contributed by atoms with Crippen LogP contribution in [0.1, 0.15) is 42.2 Å². The molecule has 1 fully saturated rings. The van der Waals surface area contributed by atoms with Gasteiger partial charge in [0.15, 0.2) is 5.82 Å². The molecule has 0 bridgehead atoms. The molecule has 2 aromatic rings. The van der Waals surface area contributed by atoms with Gasteiger partial charge < -0.3 is 4.74 Å². The number of nitrogens with one attached hydrogen (secondary N) is 1. The minimum atomic E-state index is -0.0240. The van der Waals surface area contributed by atoms with Crippen molar-refractivity contribution in [2.24, 2.45) is 4.99 Å². The molecule has 4 rings (SSSR count). The first kappa shape index (κ1) is 14.8. The molecule has 1 atom stereocenters. The number of H-pyrrole nitrogens is 1. The predicted molar refractivity (Wildman–Crippen MR) is 92.8 cm³/mol. The van der Waals surface area contributed by atoms with Gasteiger partial charge in [-0.25, -0.2) is 4.99 Å². The standard InChI is InChI=1S/C17H19N3O2S/c1-11-18-16-14(15(23-11)12-5-3-2-4-6-12)17(21)19-20(16)13-7-9-22-10-8-13/h2-6,13,15H,7-10H2,1H3,(H,19,21). The van der Waals surface area contributed by atoms with E-state index >= 15 is 0 Å².